The Labute approximate surface area is 483 Å². The van der Waals surface area contributed by atoms with Crippen LogP contribution >= 0.6 is 0 Å². The molecule has 19 N–H and O–H groups in total. The van der Waals surface area contributed by atoms with Crippen molar-refractivity contribution in [2.24, 2.45) is 17.4 Å². The molecule has 7 amide bonds. The summed E-state index contributed by atoms with van der Waals surface area (Å²) in [6, 6.07) is 3.79. The highest BCUT2D eigenvalue weighted by Crippen LogP contribution is 2.33. The van der Waals surface area contributed by atoms with E-state index in [1.807, 2.05) is 0 Å². The van der Waals surface area contributed by atoms with Crippen LogP contribution in [0.2, 0.25) is 0 Å². The minimum Gasteiger partial charge on any atom is -0.508 e. The smallest absolute Gasteiger partial charge is 0.446 e. The molecule has 3 aromatic carbocycles. The predicted octanol–water partition coefficient (Wildman–Crippen LogP) is -5.51. The van der Waals surface area contributed by atoms with Crippen LogP contribution in [-0.2, 0) is 44.0 Å². The van der Waals surface area contributed by atoms with Crippen molar-refractivity contribution in [1.29, 1.82) is 0 Å². The Balaban J connectivity index is 1.22. The number of aliphatic hydroxyl groups is 7. The molecule has 2 aliphatic rings. The number of aliphatic hydroxyl groups excluding tert-OH is 7. The van der Waals surface area contributed by atoms with Gasteiger partial charge >= 0.3 is 10.4 Å². The number of nitrogens with one attached hydrogen (secondary N) is 5. The number of rotatable bonds is 26. The standard InChI is InChI=1S/C52H66N10O22S/c1-22-19-62(52(79)42(55-3)35(68)18-39(53)70)43(40(22)54)50(77)59-49(76)36(69)16-31(56-46(73)26-6-4-24(5-7-26)30-17-37(83-60-30)25-8-11-28(65)12-9-25)47(74)58-41(23(2)64)51(78)61-20-29(66)15-33(61)48(75)57-32(21-63)45(72)44(71)27-10-13-34(67)38(14-27)84-85(80,81)82/h4-14,17,21-23,29,31-33,35-36,40-45,49,55,64-69,71-72,76H,15-16,18-20,54H2,1-3H3,(H2,53,70)(H,56,73)(H,57,75)(H,58,74)(H,59,77)(H,80,81,82). The molecule has 33 heteroatoms. The second-order valence-corrected chi connectivity index (χ2v) is 21.5. The molecule has 2 saturated heterocycles. The van der Waals surface area contributed by atoms with Crippen LogP contribution in [0.15, 0.2) is 77.3 Å². The first-order valence-corrected chi connectivity index (χ1v) is 27.4. The zero-order chi connectivity index (χ0) is 62.9. The highest BCUT2D eigenvalue weighted by atomic mass is 32.3. The van der Waals surface area contributed by atoms with Crippen molar-refractivity contribution in [3.05, 3.63) is 83.9 Å². The van der Waals surface area contributed by atoms with E-state index >= 15 is 0 Å². The maximum atomic E-state index is 14.4. The minimum absolute atomic E-state index is 0.0191. The lowest BCUT2D eigenvalue weighted by molar-refractivity contribution is -0.145. The molecular formula is C52H66N10O22S. The summed E-state index contributed by atoms with van der Waals surface area (Å²) in [4.78, 5) is 110. The van der Waals surface area contributed by atoms with Crippen molar-refractivity contribution in [3.63, 3.8) is 0 Å². The van der Waals surface area contributed by atoms with Gasteiger partial charge < -0.3 is 107 Å². The molecule has 2 fully saturated rings. The van der Waals surface area contributed by atoms with E-state index in [0.717, 1.165) is 24.0 Å². The summed E-state index contributed by atoms with van der Waals surface area (Å²) in [6.45, 7) is 1.85. The molecule has 0 saturated carbocycles. The highest BCUT2D eigenvalue weighted by Gasteiger charge is 2.48. The number of aromatic hydroxyl groups is 2. The molecule has 4 aromatic rings. The summed E-state index contributed by atoms with van der Waals surface area (Å²) in [5.41, 5.74) is 12.4. The number of nitrogens with zero attached hydrogens (tertiary/aromatic N) is 3. The molecule has 15 atom stereocenters. The van der Waals surface area contributed by atoms with Gasteiger partial charge in [-0.25, -0.2) is 0 Å². The number of likely N-dealkylation sites (tertiary alicyclic amines) is 2. The molecule has 2 aliphatic heterocycles. The number of carbonyl (C=O) groups is 8. The summed E-state index contributed by atoms with van der Waals surface area (Å²) >= 11 is 0. The number of phenols is 2. The molecule has 462 valence electrons. The van der Waals surface area contributed by atoms with E-state index in [1.165, 1.54) is 43.4 Å². The summed E-state index contributed by atoms with van der Waals surface area (Å²) in [6.07, 6.45) is -16.0. The molecule has 3 heterocycles. The van der Waals surface area contributed by atoms with Gasteiger partial charge in [0.1, 0.15) is 72.3 Å². The van der Waals surface area contributed by atoms with Crippen molar-refractivity contribution >= 4 is 58.0 Å². The van der Waals surface area contributed by atoms with Gasteiger partial charge in [0, 0.05) is 54.7 Å². The first kappa shape index (κ1) is 65.9. The van der Waals surface area contributed by atoms with Gasteiger partial charge in [-0.1, -0.05) is 30.3 Å². The van der Waals surface area contributed by atoms with Gasteiger partial charge in [-0.3, -0.25) is 38.1 Å². The second kappa shape index (κ2) is 28.1. The van der Waals surface area contributed by atoms with Crippen LogP contribution in [0.1, 0.15) is 55.1 Å². The number of likely N-dealkylation sites (N-methyl/N-ethyl adjacent to an activating group) is 1. The number of carbonyl (C=O) groups excluding carboxylic acids is 8. The fourth-order valence-electron chi connectivity index (χ4n) is 9.60. The highest BCUT2D eigenvalue weighted by molar-refractivity contribution is 7.81. The average Bonchev–Trinajstić information content (AvgIpc) is 2.41. The molecule has 6 rings (SSSR count). The van der Waals surface area contributed by atoms with E-state index in [-0.39, 0.29) is 24.1 Å². The maximum Gasteiger partial charge on any atom is 0.446 e. The molecule has 0 bridgehead atoms. The number of β-amino-alcohol motifs (C(OH)–C–C–N with tert-alkyl or cyclic N) is 1. The number of aromatic nitrogens is 1. The molecule has 0 spiro atoms. The minimum atomic E-state index is -5.20. The van der Waals surface area contributed by atoms with Crippen LogP contribution in [0.25, 0.3) is 22.6 Å². The van der Waals surface area contributed by atoms with Crippen molar-refractivity contribution in [3.8, 4) is 39.8 Å². The number of hydrogen-bond acceptors (Lipinski definition) is 24. The van der Waals surface area contributed by atoms with Crippen molar-refractivity contribution in [1.82, 2.24) is 41.5 Å². The van der Waals surface area contributed by atoms with E-state index in [2.05, 4.69) is 35.9 Å². The molecular weight excluding hydrogens is 1150 g/mol. The molecule has 0 aliphatic carbocycles. The van der Waals surface area contributed by atoms with Gasteiger partial charge in [0.05, 0.1) is 24.7 Å². The van der Waals surface area contributed by atoms with E-state index in [9.17, 15) is 92.7 Å². The van der Waals surface area contributed by atoms with Crippen molar-refractivity contribution < 1.29 is 106 Å². The Hall–Kier alpha value is -8.22. The van der Waals surface area contributed by atoms with Gasteiger partial charge in [-0.15, -0.1) is 0 Å². The van der Waals surface area contributed by atoms with Gasteiger partial charge in [-0.05, 0) is 74.0 Å². The van der Waals surface area contributed by atoms with Crippen LogP contribution in [0.4, 0.5) is 0 Å². The van der Waals surface area contributed by atoms with Crippen LogP contribution in [0.5, 0.6) is 17.2 Å². The lowest BCUT2D eigenvalue weighted by Crippen LogP contribution is -2.62. The topological polar surface area (TPSA) is 527 Å². The van der Waals surface area contributed by atoms with Crippen LogP contribution < -0.4 is 42.2 Å². The number of hydrogen-bond donors (Lipinski definition) is 17. The SMILES string of the molecule is CNC(C(=O)N1CC(C)C(N)C1C(=O)NC(O)C(O)CC(NC(=O)c1ccc(-c2cc(-c3ccc(O)cc3)on2)cc1)C(=O)NC(C(=O)N1CC(O)CC1C(=O)NC(C=O)C(O)C(O)c1ccc(O)c(OS(=O)(=O)O)c1)C(C)O)C(O)CC(N)=O. The van der Waals surface area contributed by atoms with E-state index in [1.54, 1.807) is 25.1 Å². The number of phenolic OH excluding ortho intramolecular Hbond substituents is 2. The number of aldehydes is 1. The lowest BCUT2D eigenvalue weighted by Gasteiger charge is -2.33. The first-order chi connectivity index (χ1) is 39.9. The Bertz CT molecular complexity index is 3190. The molecule has 0 radical (unpaired) electrons. The maximum absolute atomic E-state index is 14.4. The molecule has 1 aromatic heterocycles. The fraction of sp³-hybridized carbons (Fsp3) is 0.442. The monoisotopic (exact) mass is 1210 g/mol. The Kier molecular flexibility index (Phi) is 21.8. The molecule has 15 unspecified atom stereocenters. The number of nitrogens with two attached hydrogens (primary N) is 2. The summed E-state index contributed by atoms with van der Waals surface area (Å²) in [5, 5.41) is 112. The van der Waals surface area contributed by atoms with Crippen LogP contribution in [-0.4, -0.2) is 221 Å². The third-order valence-electron chi connectivity index (χ3n) is 14.2. The third kappa shape index (κ3) is 16.4. The van der Waals surface area contributed by atoms with Crippen LogP contribution in [0, 0.1) is 5.92 Å². The van der Waals surface area contributed by atoms with Crippen LogP contribution in [0.3, 0.4) is 0 Å². The van der Waals surface area contributed by atoms with Crippen molar-refractivity contribution in [2.45, 2.75) is 118 Å². The third-order valence-corrected chi connectivity index (χ3v) is 14.6. The molecule has 32 nitrogen and oxygen atoms in total. The normalized spacial score (nSPS) is 21.4. The quantitative estimate of drug-likeness (QED) is 0.0158. The Morgan fingerprint density at radius 3 is 2.06 bits per heavy atom. The average molecular weight is 1220 g/mol. The van der Waals surface area contributed by atoms with Crippen molar-refractivity contribution in [2.75, 3.05) is 20.1 Å². The predicted molar refractivity (Wildman–Crippen MR) is 289 cm³/mol. The number of amides is 7. The Morgan fingerprint density at radius 1 is 0.824 bits per heavy atom. The van der Waals surface area contributed by atoms with E-state index in [4.69, 9.17) is 20.5 Å². The zero-order valence-corrected chi connectivity index (χ0v) is 46.3. The van der Waals surface area contributed by atoms with Gasteiger partial charge in [0.15, 0.2) is 23.5 Å². The largest absolute Gasteiger partial charge is 0.508 e. The summed E-state index contributed by atoms with van der Waals surface area (Å²) in [5.74, 6) is -9.70. The van der Waals surface area contributed by atoms with Gasteiger partial charge in [0.2, 0.25) is 35.4 Å². The van der Waals surface area contributed by atoms with Gasteiger partial charge in [0.25, 0.3) is 5.91 Å². The molecule has 85 heavy (non-hydrogen) atoms. The fourth-order valence-corrected chi connectivity index (χ4v) is 9.96. The summed E-state index contributed by atoms with van der Waals surface area (Å²) < 4.78 is 41.3. The first-order valence-electron chi connectivity index (χ1n) is 26.1. The Morgan fingerprint density at radius 2 is 1.46 bits per heavy atom. The summed E-state index contributed by atoms with van der Waals surface area (Å²) in [7, 11) is -3.90. The van der Waals surface area contributed by atoms with E-state index in [0.29, 0.717) is 33.5 Å². The lowest BCUT2D eigenvalue weighted by atomic mass is 9.98. The zero-order valence-electron chi connectivity index (χ0n) is 45.5. The van der Waals surface area contributed by atoms with Gasteiger partial charge in [-0.2, -0.15) is 8.42 Å². The number of benzene rings is 3. The van der Waals surface area contributed by atoms with E-state index < -0.39 is 186 Å². The second-order valence-electron chi connectivity index (χ2n) is 20.4. The number of primary amides is 1.